The van der Waals surface area contributed by atoms with Gasteiger partial charge in [0.2, 0.25) is 10.0 Å². The van der Waals surface area contributed by atoms with Crippen LogP contribution in [0.15, 0.2) is 78.9 Å². The second kappa shape index (κ2) is 11.0. The first-order valence-electron chi connectivity index (χ1n) is 11.0. The van der Waals surface area contributed by atoms with Crippen molar-refractivity contribution in [2.24, 2.45) is 0 Å². The van der Waals surface area contributed by atoms with E-state index < -0.39 is 39.7 Å². The third kappa shape index (κ3) is 8.12. The predicted octanol–water partition coefficient (Wildman–Crippen LogP) is 5.95. The minimum atomic E-state index is -5.00. The molecule has 0 heterocycles. The maximum Gasteiger partial charge on any atom is 0.573 e. The molecule has 3 aromatic rings. The lowest BCUT2D eigenvalue weighted by Gasteiger charge is -2.36. The van der Waals surface area contributed by atoms with Crippen molar-refractivity contribution in [1.29, 1.82) is 0 Å². The highest BCUT2D eigenvalue weighted by Gasteiger charge is 2.38. The fraction of sp³-hybridized carbons (Fsp3) is 0.280. The van der Waals surface area contributed by atoms with Crippen LogP contribution in [-0.2, 0) is 21.9 Å². The first-order valence-corrected chi connectivity index (χ1v) is 12.6. The van der Waals surface area contributed by atoms with Crippen LogP contribution >= 0.6 is 0 Å². The van der Waals surface area contributed by atoms with E-state index in [1.807, 2.05) is 0 Å². The normalized spacial score (nSPS) is 12.8. The summed E-state index contributed by atoms with van der Waals surface area (Å²) in [5.74, 6) is -1.42. The van der Waals surface area contributed by atoms with Gasteiger partial charge in [-0.05, 0) is 54.3 Å². The molecule has 12 heteroatoms. The fourth-order valence-electron chi connectivity index (χ4n) is 3.90. The molecule has 0 aliphatic heterocycles. The fourth-order valence-corrected chi connectivity index (χ4v) is 4.57. The molecule has 3 aromatic carbocycles. The summed E-state index contributed by atoms with van der Waals surface area (Å²) in [5, 5.41) is 0. The number of hydrogen-bond acceptors (Lipinski definition) is 4. The van der Waals surface area contributed by atoms with E-state index in [-0.39, 0.29) is 29.8 Å². The van der Waals surface area contributed by atoms with Crippen molar-refractivity contribution in [2.75, 3.05) is 12.3 Å². The van der Waals surface area contributed by atoms with Gasteiger partial charge in [-0.25, -0.2) is 13.1 Å². The monoisotopic (exact) mass is 547 g/mol. The molecule has 5 nitrogen and oxygen atoms in total. The van der Waals surface area contributed by atoms with E-state index in [9.17, 15) is 34.8 Å². The maximum atomic E-state index is 13.0. The Morgan fingerprint density at radius 3 is 1.65 bits per heavy atom. The van der Waals surface area contributed by atoms with Crippen LogP contribution in [-0.4, -0.2) is 33.4 Å². The second-order valence-corrected chi connectivity index (χ2v) is 10.2. The molecule has 200 valence electrons. The van der Waals surface area contributed by atoms with Crippen LogP contribution < -0.4 is 14.2 Å². The minimum Gasteiger partial charge on any atom is -0.406 e. The zero-order valence-electron chi connectivity index (χ0n) is 19.4. The highest BCUT2D eigenvalue weighted by atomic mass is 32.2. The Kier molecular flexibility index (Phi) is 8.43. The van der Waals surface area contributed by atoms with E-state index in [0.717, 1.165) is 24.3 Å². The average molecular weight is 548 g/mol. The molecule has 0 fully saturated rings. The van der Waals surface area contributed by atoms with Crippen molar-refractivity contribution < 1.29 is 44.2 Å². The first-order chi connectivity index (χ1) is 17.2. The predicted molar refractivity (Wildman–Crippen MR) is 125 cm³/mol. The number of nitrogens with one attached hydrogen (secondary N) is 1. The van der Waals surface area contributed by atoms with Crippen LogP contribution in [0.5, 0.6) is 11.5 Å². The second-order valence-electron chi connectivity index (χ2n) is 8.12. The number of sulfonamides is 1. The largest absolute Gasteiger partial charge is 0.573 e. The number of ether oxygens (including phenoxy) is 2. The molecule has 0 radical (unpaired) electrons. The zero-order chi connectivity index (χ0) is 27.3. The summed E-state index contributed by atoms with van der Waals surface area (Å²) in [7, 11) is -3.81. The van der Waals surface area contributed by atoms with E-state index in [1.165, 1.54) is 31.2 Å². The van der Waals surface area contributed by atoms with Gasteiger partial charge in [0.25, 0.3) is 0 Å². The van der Waals surface area contributed by atoms with Gasteiger partial charge in [-0.2, -0.15) is 0 Å². The van der Waals surface area contributed by atoms with Gasteiger partial charge in [0.15, 0.2) is 0 Å². The molecule has 0 spiro atoms. The summed E-state index contributed by atoms with van der Waals surface area (Å²) in [6, 6.07) is 18.4. The molecule has 0 atom stereocenters. The molecule has 0 bridgehead atoms. The van der Waals surface area contributed by atoms with E-state index in [4.69, 9.17) is 0 Å². The molecule has 37 heavy (non-hydrogen) atoms. The maximum absolute atomic E-state index is 13.0. The Bertz CT molecular complexity index is 1230. The number of rotatable bonds is 10. The Morgan fingerprint density at radius 2 is 1.22 bits per heavy atom. The summed E-state index contributed by atoms with van der Waals surface area (Å²) >= 11 is 0. The van der Waals surface area contributed by atoms with Crippen LogP contribution in [0.1, 0.15) is 23.6 Å². The zero-order valence-corrected chi connectivity index (χ0v) is 20.3. The van der Waals surface area contributed by atoms with Gasteiger partial charge in [-0.15, -0.1) is 26.3 Å². The highest BCUT2D eigenvalue weighted by molar-refractivity contribution is 7.89. The van der Waals surface area contributed by atoms with Crippen molar-refractivity contribution >= 4 is 10.0 Å². The van der Waals surface area contributed by atoms with E-state index in [2.05, 4.69) is 14.2 Å². The molecule has 3 rings (SSSR count). The molecule has 0 saturated carbocycles. The Hall–Kier alpha value is -3.25. The molecule has 0 amide bonds. The van der Waals surface area contributed by atoms with Gasteiger partial charge in [0.1, 0.15) is 11.5 Å². The molecule has 0 aromatic heterocycles. The van der Waals surface area contributed by atoms with Crippen molar-refractivity contribution in [3.8, 4) is 11.5 Å². The standard InChI is InChI=1S/C25H23F6NO4S/c1-2-37(33,34)32-17-23(16-18-8-4-3-5-9-18,19-10-6-12-21(14-19)35-24(26,27)28)20-11-7-13-22(15-20)36-25(29,30)31/h3-15,32H,2,16-17H2,1H3. The van der Waals surface area contributed by atoms with Gasteiger partial charge >= 0.3 is 12.7 Å². The molecular weight excluding hydrogens is 524 g/mol. The van der Waals surface area contributed by atoms with Crippen LogP contribution in [0, 0.1) is 0 Å². The molecule has 0 aliphatic rings. The quantitative estimate of drug-likeness (QED) is 0.319. The topological polar surface area (TPSA) is 64.6 Å². The van der Waals surface area contributed by atoms with Crippen molar-refractivity contribution in [1.82, 2.24) is 4.72 Å². The van der Waals surface area contributed by atoms with E-state index in [0.29, 0.717) is 5.56 Å². The molecule has 0 aliphatic carbocycles. The number of hydrogen-bond donors (Lipinski definition) is 1. The third-order valence-electron chi connectivity index (χ3n) is 5.56. The highest BCUT2D eigenvalue weighted by Crippen LogP contribution is 2.40. The lowest BCUT2D eigenvalue weighted by molar-refractivity contribution is -0.275. The van der Waals surface area contributed by atoms with Crippen LogP contribution in [0.2, 0.25) is 0 Å². The lowest BCUT2D eigenvalue weighted by atomic mass is 9.70. The summed E-state index contributed by atoms with van der Waals surface area (Å²) in [6.07, 6.45) is -9.97. The molecular formula is C25H23F6NO4S. The molecule has 0 saturated heterocycles. The summed E-state index contributed by atoms with van der Waals surface area (Å²) in [5.41, 5.74) is -0.441. The van der Waals surface area contributed by atoms with Crippen LogP contribution in [0.25, 0.3) is 0 Å². The van der Waals surface area contributed by atoms with Crippen LogP contribution in [0.4, 0.5) is 26.3 Å². The van der Waals surface area contributed by atoms with Gasteiger partial charge in [0.05, 0.1) is 5.75 Å². The SMILES string of the molecule is CCS(=O)(=O)NCC(Cc1ccccc1)(c1cccc(OC(F)(F)F)c1)c1cccc(OC(F)(F)F)c1. The van der Waals surface area contributed by atoms with Gasteiger partial charge in [-0.1, -0.05) is 54.6 Å². The number of halogens is 6. The van der Waals surface area contributed by atoms with Crippen LogP contribution in [0.3, 0.4) is 0 Å². The van der Waals surface area contributed by atoms with E-state index >= 15 is 0 Å². The smallest absolute Gasteiger partial charge is 0.406 e. The van der Waals surface area contributed by atoms with Crippen molar-refractivity contribution in [3.63, 3.8) is 0 Å². The Labute approximate surface area is 210 Å². The van der Waals surface area contributed by atoms with E-state index in [1.54, 1.807) is 30.3 Å². The summed E-state index contributed by atoms with van der Waals surface area (Å²) in [6.45, 7) is 1.03. The average Bonchev–Trinajstić information content (AvgIpc) is 2.81. The number of benzene rings is 3. The molecule has 1 N–H and O–H groups in total. The first kappa shape index (κ1) is 28.3. The summed E-state index contributed by atoms with van der Waals surface area (Å²) in [4.78, 5) is 0. The Morgan fingerprint density at radius 1 is 0.730 bits per heavy atom. The Balaban J connectivity index is 2.26. The van der Waals surface area contributed by atoms with Crippen molar-refractivity contribution in [3.05, 3.63) is 95.6 Å². The molecule has 0 unspecified atom stereocenters. The van der Waals surface area contributed by atoms with Gasteiger partial charge in [0, 0.05) is 12.0 Å². The third-order valence-corrected chi connectivity index (χ3v) is 6.91. The van der Waals surface area contributed by atoms with Gasteiger partial charge < -0.3 is 9.47 Å². The number of alkyl halides is 6. The summed E-state index contributed by atoms with van der Waals surface area (Å²) < 4.78 is 113. The van der Waals surface area contributed by atoms with Crippen molar-refractivity contribution in [2.45, 2.75) is 31.5 Å². The lowest BCUT2D eigenvalue weighted by Crippen LogP contribution is -2.44. The van der Waals surface area contributed by atoms with Gasteiger partial charge in [-0.3, -0.25) is 0 Å². The minimum absolute atomic E-state index is 0.0189.